The molecule has 2 rings (SSSR count). The third-order valence-corrected chi connectivity index (χ3v) is 3.58. The van der Waals surface area contributed by atoms with Crippen molar-refractivity contribution in [2.24, 2.45) is 0 Å². The molecule has 0 bridgehead atoms. The molecule has 1 amide bonds. The Bertz CT molecular complexity index is 672. The summed E-state index contributed by atoms with van der Waals surface area (Å²) in [5.41, 5.74) is -0.289. The standard InChI is InChI=1S/C13H11Cl2N3O3/c14-10-7-9(8-11(12(10)15)18(20)21)13(19)16-3-6-17-4-1-2-5-17/h1-2,4-5,7-8H,3,6H2,(H,16,19). The molecule has 0 saturated heterocycles. The molecule has 0 unspecified atom stereocenters. The van der Waals surface area contributed by atoms with E-state index in [1.165, 1.54) is 6.07 Å². The van der Waals surface area contributed by atoms with E-state index in [1.54, 1.807) is 0 Å². The highest BCUT2D eigenvalue weighted by atomic mass is 35.5. The van der Waals surface area contributed by atoms with Gasteiger partial charge in [0.05, 0.1) is 9.95 Å². The molecule has 0 spiro atoms. The highest BCUT2D eigenvalue weighted by molar-refractivity contribution is 6.43. The van der Waals surface area contributed by atoms with Crippen molar-refractivity contribution in [1.29, 1.82) is 0 Å². The second kappa shape index (κ2) is 6.60. The number of hydrogen-bond donors (Lipinski definition) is 1. The molecular weight excluding hydrogens is 317 g/mol. The molecule has 110 valence electrons. The summed E-state index contributed by atoms with van der Waals surface area (Å²) in [6.07, 6.45) is 3.74. The number of carbonyl (C=O) groups is 1. The summed E-state index contributed by atoms with van der Waals surface area (Å²) >= 11 is 11.5. The Morgan fingerprint density at radius 1 is 1.29 bits per heavy atom. The lowest BCUT2D eigenvalue weighted by Crippen LogP contribution is -2.27. The van der Waals surface area contributed by atoms with E-state index in [0.29, 0.717) is 13.1 Å². The first-order valence-electron chi connectivity index (χ1n) is 6.01. The Morgan fingerprint density at radius 2 is 1.95 bits per heavy atom. The van der Waals surface area contributed by atoms with E-state index in [4.69, 9.17) is 23.2 Å². The number of nitrogens with zero attached hydrogens (tertiary/aromatic N) is 2. The lowest BCUT2D eigenvalue weighted by atomic mass is 10.2. The molecule has 0 aliphatic carbocycles. The molecule has 21 heavy (non-hydrogen) atoms. The maximum absolute atomic E-state index is 12.0. The summed E-state index contributed by atoms with van der Waals surface area (Å²) < 4.78 is 1.90. The van der Waals surface area contributed by atoms with Crippen LogP contribution < -0.4 is 5.32 Å². The highest BCUT2D eigenvalue weighted by Crippen LogP contribution is 2.32. The fourth-order valence-electron chi connectivity index (χ4n) is 1.76. The van der Waals surface area contributed by atoms with Crippen molar-refractivity contribution in [3.8, 4) is 0 Å². The van der Waals surface area contributed by atoms with Gasteiger partial charge in [-0.25, -0.2) is 0 Å². The zero-order chi connectivity index (χ0) is 15.4. The number of amides is 1. The van der Waals surface area contributed by atoms with Gasteiger partial charge in [0.2, 0.25) is 0 Å². The van der Waals surface area contributed by atoms with Gasteiger partial charge < -0.3 is 9.88 Å². The van der Waals surface area contributed by atoms with Crippen molar-refractivity contribution in [2.45, 2.75) is 6.54 Å². The molecule has 1 aromatic carbocycles. The third-order valence-electron chi connectivity index (χ3n) is 2.79. The topological polar surface area (TPSA) is 77.2 Å². The van der Waals surface area contributed by atoms with Crippen molar-refractivity contribution in [3.63, 3.8) is 0 Å². The van der Waals surface area contributed by atoms with Gasteiger partial charge in [0, 0.05) is 37.1 Å². The number of carbonyl (C=O) groups excluding carboxylic acids is 1. The molecule has 1 aromatic heterocycles. The smallest absolute Gasteiger partial charge is 0.290 e. The summed E-state index contributed by atoms with van der Waals surface area (Å²) in [5.74, 6) is -0.441. The average molecular weight is 328 g/mol. The summed E-state index contributed by atoms with van der Waals surface area (Å²) in [7, 11) is 0. The summed E-state index contributed by atoms with van der Waals surface area (Å²) in [6.45, 7) is 0.990. The lowest BCUT2D eigenvalue weighted by molar-refractivity contribution is -0.384. The summed E-state index contributed by atoms with van der Waals surface area (Å²) in [6, 6.07) is 6.18. The van der Waals surface area contributed by atoms with Crippen LogP contribution in [-0.2, 0) is 6.54 Å². The Balaban J connectivity index is 2.07. The molecule has 2 aromatic rings. The Kier molecular flexibility index (Phi) is 4.82. The van der Waals surface area contributed by atoms with E-state index >= 15 is 0 Å². The predicted octanol–water partition coefficient (Wildman–Crippen LogP) is 3.13. The zero-order valence-corrected chi connectivity index (χ0v) is 12.3. The van der Waals surface area contributed by atoms with Gasteiger partial charge >= 0.3 is 0 Å². The number of halogens is 2. The maximum atomic E-state index is 12.0. The largest absolute Gasteiger partial charge is 0.353 e. The van der Waals surface area contributed by atoms with E-state index in [2.05, 4.69) is 5.32 Å². The number of rotatable bonds is 5. The first kappa shape index (κ1) is 15.3. The van der Waals surface area contributed by atoms with Crippen LogP contribution in [0.4, 0.5) is 5.69 Å². The zero-order valence-electron chi connectivity index (χ0n) is 10.8. The van der Waals surface area contributed by atoms with Crippen molar-refractivity contribution >= 4 is 34.8 Å². The molecule has 1 heterocycles. The van der Waals surface area contributed by atoms with Crippen LogP contribution in [0.25, 0.3) is 0 Å². The van der Waals surface area contributed by atoms with Crippen LogP contribution in [0.5, 0.6) is 0 Å². The number of nitro groups is 1. The van der Waals surface area contributed by atoms with Crippen LogP contribution >= 0.6 is 23.2 Å². The normalized spacial score (nSPS) is 10.4. The first-order valence-corrected chi connectivity index (χ1v) is 6.77. The molecule has 6 nitrogen and oxygen atoms in total. The molecule has 0 atom stereocenters. The van der Waals surface area contributed by atoms with Gasteiger partial charge in [-0.3, -0.25) is 14.9 Å². The van der Waals surface area contributed by atoms with Gasteiger partial charge in [0.1, 0.15) is 5.02 Å². The summed E-state index contributed by atoms with van der Waals surface area (Å²) in [4.78, 5) is 22.1. The number of nitrogens with one attached hydrogen (secondary N) is 1. The minimum Gasteiger partial charge on any atom is -0.353 e. The first-order chi connectivity index (χ1) is 9.99. The number of nitro benzene ring substituents is 1. The average Bonchev–Trinajstić information content (AvgIpc) is 2.94. The van der Waals surface area contributed by atoms with Crippen LogP contribution in [0.1, 0.15) is 10.4 Å². The third kappa shape index (κ3) is 3.74. The number of benzene rings is 1. The minimum absolute atomic E-state index is 0.0265. The van der Waals surface area contributed by atoms with E-state index < -0.39 is 10.8 Å². The predicted molar refractivity (Wildman–Crippen MR) is 79.9 cm³/mol. The van der Waals surface area contributed by atoms with Gasteiger partial charge in [0.25, 0.3) is 11.6 Å². The monoisotopic (exact) mass is 327 g/mol. The van der Waals surface area contributed by atoms with Crippen molar-refractivity contribution < 1.29 is 9.72 Å². The van der Waals surface area contributed by atoms with Crippen molar-refractivity contribution in [2.75, 3.05) is 6.54 Å². The van der Waals surface area contributed by atoms with Gasteiger partial charge in [-0.05, 0) is 18.2 Å². The van der Waals surface area contributed by atoms with E-state index in [-0.39, 0.29) is 21.3 Å². The van der Waals surface area contributed by atoms with E-state index in [9.17, 15) is 14.9 Å². The van der Waals surface area contributed by atoms with Crippen molar-refractivity contribution in [1.82, 2.24) is 9.88 Å². The second-order valence-corrected chi connectivity index (χ2v) is 5.01. The Labute approximate surface area is 130 Å². The minimum atomic E-state index is -0.676. The van der Waals surface area contributed by atoms with E-state index in [1.807, 2.05) is 29.1 Å². The molecule has 1 N–H and O–H groups in total. The molecular formula is C13H11Cl2N3O3. The molecule has 8 heteroatoms. The molecule has 0 fully saturated rings. The Morgan fingerprint density at radius 3 is 2.57 bits per heavy atom. The maximum Gasteiger partial charge on any atom is 0.290 e. The number of hydrogen-bond acceptors (Lipinski definition) is 3. The lowest BCUT2D eigenvalue weighted by Gasteiger charge is -2.07. The molecule has 0 aliphatic heterocycles. The van der Waals surface area contributed by atoms with Gasteiger partial charge in [-0.1, -0.05) is 23.2 Å². The van der Waals surface area contributed by atoms with Crippen molar-refractivity contribution in [3.05, 3.63) is 62.4 Å². The van der Waals surface area contributed by atoms with Gasteiger partial charge in [0.15, 0.2) is 0 Å². The Hall–Kier alpha value is -2.05. The van der Waals surface area contributed by atoms with Crippen LogP contribution in [0, 0.1) is 10.1 Å². The van der Waals surface area contributed by atoms with Gasteiger partial charge in [-0.15, -0.1) is 0 Å². The highest BCUT2D eigenvalue weighted by Gasteiger charge is 2.19. The van der Waals surface area contributed by atoms with E-state index in [0.717, 1.165) is 6.07 Å². The molecule has 0 aliphatic rings. The second-order valence-electron chi connectivity index (χ2n) is 4.23. The van der Waals surface area contributed by atoms with Crippen LogP contribution in [-0.4, -0.2) is 21.9 Å². The quantitative estimate of drug-likeness (QED) is 0.677. The molecule has 0 saturated carbocycles. The number of aromatic nitrogens is 1. The molecule has 0 radical (unpaired) electrons. The summed E-state index contributed by atoms with van der Waals surface area (Å²) in [5, 5.41) is 13.3. The SMILES string of the molecule is O=C(NCCn1cccc1)c1cc(Cl)c(Cl)c([N+](=O)[O-])c1. The van der Waals surface area contributed by atoms with Gasteiger partial charge in [-0.2, -0.15) is 0 Å². The van der Waals surface area contributed by atoms with Crippen LogP contribution in [0.15, 0.2) is 36.7 Å². The fourth-order valence-corrected chi connectivity index (χ4v) is 2.15. The van der Waals surface area contributed by atoms with Crippen LogP contribution in [0.2, 0.25) is 10.0 Å². The fraction of sp³-hybridized carbons (Fsp3) is 0.154. The van der Waals surface area contributed by atoms with Crippen LogP contribution in [0.3, 0.4) is 0 Å².